The van der Waals surface area contributed by atoms with E-state index >= 15 is 0 Å². The van der Waals surface area contributed by atoms with E-state index in [1.807, 2.05) is 20.8 Å². The summed E-state index contributed by atoms with van der Waals surface area (Å²) in [5.41, 5.74) is 0.0533. The summed E-state index contributed by atoms with van der Waals surface area (Å²) in [5, 5.41) is 6.78. The molecule has 1 aromatic rings. The second kappa shape index (κ2) is 9.68. The fourth-order valence-electron chi connectivity index (χ4n) is 3.55. The van der Waals surface area contributed by atoms with Crippen molar-refractivity contribution in [3.8, 4) is 0 Å². The van der Waals surface area contributed by atoms with E-state index in [0.29, 0.717) is 17.1 Å². The summed E-state index contributed by atoms with van der Waals surface area (Å²) in [4.78, 5) is 18.4. The first-order chi connectivity index (χ1) is 13.2. The third-order valence-corrected chi connectivity index (χ3v) is 5.23. The summed E-state index contributed by atoms with van der Waals surface area (Å²) in [7, 11) is 1.73. The smallest absolute Gasteiger partial charge is 0.407 e. The molecule has 0 aromatic heterocycles. The topological polar surface area (TPSA) is 66.0 Å². The molecule has 0 bridgehead atoms. The van der Waals surface area contributed by atoms with Gasteiger partial charge < -0.3 is 20.3 Å². The fraction of sp³-hybridized carbons (Fsp3) is 0.600. The Balaban J connectivity index is 0.00000300. The summed E-state index contributed by atoms with van der Waals surface area (Å²) in [6.07, 6.45) is 1.22. The van der Waals surface area contributed by atoms with Crippen molar-refractivity contribution in [3.63, 3.8) is 0 Å². The lowest BCUT2D eigenvalue weighted by molar-refractivity contribution is 0.0507. The predicted molar refractivity (Wildman–Crippen MR) is 124 cm³/mol. The maximum absolute atomic E-state index is 14.1. The van der Waals surface area contributed by atoms with Crippen LogP contribution in [0.15, 0.2) is 23.2 Å². The number of benzene rings is 1. The van der Waals surface area contributed by atoms with Gasteiger partial charge in [0.05, 0.1) is 6.04 Å². The number of carbonyl (C=O) groups excluding carboxylic acids is 1. The van der Waals surface area contributed by atoms with E-state index in [2.05, 4.69) is 20.5 Å². The molecule has 2 fully saturated rings. The lowest BCUT2D eigenvalue weighted by atomic mass is 10.1. The zero-order chi connectivity index (χ0) is 20.5. The molecule has 162 valence electrons. The zero-order valence-electron chi connectivity index (χ0n) is 17.2. The average molecular weight is 539 g/mol. The van der Waals surface area contributed by atoms with Crippen LogP contribution in [-0.4, -0.2) is 54.8 Å². The van der Waals surface area contributed by atoms with Crippen molar-refractivity contribution in [2.24, 2.45) is 4.99 Å². The molecule has 2 aliphatic rings. The summed E-state index contributed by atoms with van der Waals surface area (Å²) < 4.78 is 19.4. The quantitative estimate of drug-likeness (QED) is 0.345. The van der Waals surface area contributed by atoms with Gasteiger partial charge in [-0.25, -0.2) is 9.18 Å². The molecule has 2 N–H and O–H groups in total. The summed E-state index contributed by atoms with van der Waals surface area (Å²) in [6.45, 7) is 6.95. The van der Waals surface area contributed by atoms with Crippen LogP contribution in [0.1, 0.15) is 45.1 Å². The van der Waals surface area contributed by atoms with Crippen molar-refractivity contribution in [1.82, 2.24) is 15.5 Å². The molecule has 3 rings (SSSR count). The molecular formula is C20H29ClFIN4O2. The average Bonchev–Trinajstić information content (AvgIpc) is 3.17. The van der Waals surface area contributed by atoms with Crippen molar-refractivity contribution in [3.05, 3.63) is 34.6 Å². The second-order valence-corrected chi connectivity index (χ2v) is 8.76. The second-order valence-electron chi connectivity index (χ2n) is 8.35. The van der Waals surface area contributed by atoms with E-state index in [-0.39, 0.29) is 47.8 Å². The van der Waals surface area contributed by atoms with Gasteiger partial charge in [-0.05, 0) is 45.7 Å². The molecule has 1 heterocycles. The SMILES string of the molecule is CN=C(NC1CC1c1c(F)cccc1Cl)N1CCC(NC(=O)OC(C)(C)C)C1.I. The maximum Gasteiger partial charge on any atom is 0.407 e. The van der Waals surface area contributed by atoms with E-state index < -0.39 is 11.7 Å². The van der Waals surface area contributed by atoms with Crippen molar-refractivity contribution in [1.29, 1.82) is 0 Å². The van der Waals surface area contributed by atoms with Gasteiger partial charge >= 0.3 is 6.09 Å². The van der Waals surface area contributed by atoms with Gasteiger partial charge in [0.25, 0.3) is 0 Å². The predicted octanol–water partition coefficient (Wildman–Crippen LogP) is 4.13. The van der Waals surface area contributed by atoms with Crippen molar-refractivity contribution in [2.75, 3.05) is 20.1 Å². The highest BCUT2D eigenvalue weighted by atomic mass is 127. The van der Waals surface area contributed by atoms with Gasteiger partial charge in [0.2, 0.25) is 0 Å². The number of aliphatic imine (C=N–C) groups is 1. The molecule has 1 amide bonds. The van der Waals surface area contributed by atoms with Crippen molar-refractivity contribution < 1.29 is 13.9 Å². The first-order valence-electron chi connectivity index (χ1n) is 9.59. The van der Waals surface area contributed by atoms with Crippen LogP contribution in [0.2, 0.25) is 5.02 Å². The van der Waals surface area contributed by atoms with Crippen LogP contribution in [0, 0.1) is 5.82 Å². The van der Waals surface area contributed by atoms with Crippen LogP contribution >= 0.6 is 35.6 Å². The van der Waals surface area contributed by atoms with Crippen LogP contribution in [0.3, 0.4) is 0 Å². The van der Waals surface area contributed by atoms with Crippen LogP contribution in [0.5, 0.6) is 0 Å². The Labute approximate surface area is 193 Å². The van der Waals surface area contributed by atoms with Crippen molar-refractivity contribution >= 4 is 47.6 Å². The third-order valence-electron chi connectivity index (χ3n) is 4.90. The molecule has 1 aromatic carbocycles. The largest absolute Gasteiger partial charge is 0.444 e. The minimum atomic E-state index is -0.519. The molecule has 1 saturated heterocycles. The third kappa shape index (κ3) is 6.34. The van der Waals surface area contributed by atoms with Crippen molar-refractivity contribution in [2.45, 2.75) is 57.2 Å². The molecule has 0 spiro atoms. The van der Waals surface area contributed by atoms with Gasteiger partial charge in [-0.1, -0.05) is 17.7 Å². The minimum Gasteiger partial charge on any atom is -0.444 e. The molecule has 3 unspecified atom stereocenters. The number of nitrogens with one attached hydrogen (secondary N) is 2. The Morgan fingerprint density at radius 3 is 2.69 bits per heavy atom. The van der Waals surface area contributed by atoms with Gasteiger partial charge in [-0.2, -0.15) is 0 Å². The number of likely N-dealkylation sites (tertiary alicyclic amines) is 1. The molecule has 6 nitrogen and oxygen atoms in total. The van der Waals surface area contributed by atoms with Crippen LogP contribution in [-0.2, 0) is 4.74 Å². The summed E-state index contributed by atoms with van der Waals surface area (Å²) in [5.74, 6) is 0.539. The molecule has 1 aliphatic carbocycles. The number of alkyl carbamates (subject to hydrolysis) is 1. The van der Waals surface area contributed by atoms with Crippen LogP contribution < -0.4 is 10.6 Å². The Morgan fingerprint density at radius 1 is 1.34 bits per heavy atom. The maximum atomic E-state index is 14.1. The molecule has 29 heavy (non-hydrogen) atoms. The van der Waals surface area contributed by atoms with Gasteiger partial charge in [0, 0.05) is 42.7 Å². The zero-order valence-corrected chi connectivity index (χ0v) is 20.3. The minimum absolute atomic E-state index is 0. The lowest BCUT2D eigenvalue weighted by Crippen LogP contribution is -2.44. The fourth-order valence-corrected chi connectivity index (χ4v) is 3.85. The number of nitrogens with zero attached hydrogens (tertiary/aromatic N) is 2. The summed E-state index contributed by atoms with van der Waals surface area (Å²) >= 11 is 6.18. The Hall–Kier alpha value is -1.29. The van der Waals surface area contributed by atoms with E-state index in [1.165, 1.54) is 6.07 Å². The first-order valence-corrected chi connectivity index (χ1v) is 9.97. The first kappa shape index (κ1) is 24.0. The lowest BCUT2D eigenvalue weighted by Gasteiger charge is -2.23. The number of hydrogen-bond acceptors (Lipinski definition) is 3. The number of halogens is 3. The molecule has 1 aliphatic heterocycles. The van der Waals surface area contributed by atoms with Gasteiger partial charge in [0.15, 0.2) is 5.96 Å². The Morgan fingerprint density at radius 2 is 2.07 bits per heavy atom. The molecular weight excluding hydrogens is 510 g/mol. The monoisotopic (exact) mass is 538 g/mol. The Bertz CT molecular complexity index is 751. The van der Waals surface area contributed by atoms with Crippen LogP contribution in [0.4, 0.5) is 9.18 Å². The van der Waals surface area contributed by atoms with E-state index in [4.69, 9.17) is 16.3 Å². The molecule has 3 atom stereocenters. The number of hydrogen-bond donors (Lipinski definition) is 2. The van der Waals surface area contributed by atoms with Gasteiger partial charge in [0.1, 0.15) is 11.4 Å². The highest BCUT2D eigenvalue weighted by Gasteiger charge is 2.43. The standard InChI is InChI=1S/C20H28ClFN4O2.HI/c1-20(2,3)28-19(27)24-12-8-9-26(11-12)18(23-4)25-16-10-13(16)17-14(21)6-5-7-15(17)22;/h5-7,12-13,16H,8-11H2,1-4H3,(H,23,25)(H,24,27);1H. The number of carbonyl (C=O) groups is 1. The highest BCUT2D eigenvalue weighted by Crippen LogP contribution is 2.45. The Kier molecular flexibility index (Phi) is 8.00. The van der Waals surface area contributed by atoms with Gasteiger partial charge in [-0.3, -0.25) is 4.99 Å². The van der Waals surface area contributed by atoms with E-state index in [0.717, 1.165) is 25.3 Å². The molecule has 9 heteroatoms. The normalized spacial score (nSPS) is 24.0. The number of rotatable bonds is 3. The van der Waals surface area contributed by atoms with Gasteiger partial charge in [-0.15, -0.1) is 24.0 Å². The number of ether oxygens (including phenoxy) is 1. The van der Waals surface area contributed by atoms with Crippen LogP contribution in [0.25, 0.3) is 0 Å². The number of guanidine groups is 1. The molecule has 1 saturated carbocycles. The number of amides is 1. The summed E-state index contributed by atoms with van der Waals surface area (Å²) in [6, 6.07) is 4.89. The van der Waals surface area contributed by atoms with E-state index in [9.17, 15) is 9.18 Å². The molecule has 0 radical (unpaired) electrons. The highest BCUT2D eigenvalue weighted by molar-refractivity contribution is 14.0. The van der Waals surface area contributed by atoms with E-state index in [1.54, 1.807) is 19.2 Å².